The average molecular weight is 342 g/mol. The van der Waals surface area contributed by atoms with Crippen LogP contribution in [-0.2, 0) is 4.79 Å². The van der Waals surface area contributed by atoms with Gasteiger partial charge in [0.2, 0.25) is 11.9 Å². The van der Waals surface area contributed by atoms with Gasteiger partial charge in [0, 0.05) is 44.1 Å². The highest BCUT2D eigenvalue weighted by Crippen LogP contribution is 2.36. The molecule has 1 aromatic rings. The average Bonchev–Trinajstić information content (AvgIpc) is 3.45. The molecule has 1 aromatic heterocycles. The molecule has 2 N–H and O–H groups in total. The lowest BCUT2D eigenvalue weighted by Crippen LogP contribution is -2.53. The summed E-state index contributed by atoms with van der Waals surface area (Å²) in [5.41, 5.74) is 6.62. The lowest BCUT2D eigenvalue weighted by molar-refractivity contribution is -0.137. The first kappa shape index (κ1) is 15.5. The molecule has 1 aliphatic carbocycles. The molecule has 0 radical (unpaired) electrons. The quantitative estimate of drug-likeness (QED) is 0.836. The van der Waals surface area contributed by atoms with Crippen molar-refractivity contribution in [3.8, 4) is 0 Å². The fourth-order valence-electron chi connectivity index (χ4n) is 4.72. The van der Waals surface area contributed by atoms with E-state index in [0.29, 0.717) is 12.0 Å². The van der Waals surface area contributed by atoms with Crippen LogP contribution in [0.4, 0.5) is 5.95 Å². The molecule has 134 valence electrons. The lowest BCUT2D eigenvalue weighted by atomic mass is 9.93. The van der Waals surface area contributed by atoms with Gasteiger partial charge >= 0.3 is 0 Å². The number of nitrogens with zero attached hydrogens (tertiary/aromatic N) is 4. The van der Waals surface area contributed by atoms with Crippen molar-refractivity contribution in [3.63, 3.8) is 0 Å². The van der Waals surface area contributed by atoms with Gasteiger partial charge in [0.1, 0.15) is 6.04 Å². The molecule has 25 heavy (non-hydrogen) atoms. The molecule has 0 spiro atoms. The van der Waals surface area contributed by atoms with Crippen molar-refractivity contribution in [2.45, 2.75) is 50.2 Å². The van der Waals surface area contributed by atoms with Gasteiger partial charge in [0.25, 0.3) is 0 Å². The second kappa shape index (κ2) is 6.21. The Morgan fingerprint density at radius 3 is 2.68 bits per heavy atom. The number of aromatic nitrogens is 2. The first-order valence-electron chi connectivity index (χ1n) is 9.61. The molecule has 4 atom stereocenters. The van der Waals surface area contributed by atoms with Crippen molar-refractivity contribution in [2.75, 3.05) is 24.5 Å². The van der Waals surface area contributed by atoms with Gasteiger partial charge in [0.15, 0.2) is 0 Å². The van der Waals surface area contributed by atoms with E-state index in [9.17, 15) is 4.79 Å². The molecular formula is C18H26N6O. The first-order chi connectivity index (χ1) is 12.3. The van der Waals surface area contributed by atoms with Crippen LogP contribution in [0.1, 0.15) is 32.1 Å². The molecule has 2 unspecified atom stereocenters. The zero-order chi connectivity index (χ0) is 16.8. The van der Waals surface area contributed by atoms with E-state index in [4.69, 9.17) is 0 Å². The Labute approximate surface area is 148 Å². The molecule has 4 saturated heterocycles. The summed E-state index contributed by atoms with van der Waals surface area (Å²) < 4.78 is 0. The summed E-state index contributed by atoms with van der Waals surface area (Å²) in [4.78, 5) is 26.4. The fraction of sp³-hybridized carbons (Fsp3) is 0.722. The number of carbonyl (C=O) groups is 1. The summed E-state index contributed by atoms with van der Waals surface area (Å²) >= 11 is 0. The molecule has 5 fully saturated rings. The van der Waals surface area contributed by atoms with Gasteiger partial charge in [-0.05, 0) is 50.0 Å². The molecule has 5 heterocycles. The summed E-state index contributed by atoms with van der Waals surface area (Å²) in [5.74, 6) is 2.36. The lowest BCUT2D eigenvalue weighted by Gasteiger charge is -2.37. The second-order valence-corrected chi connectivity index (χ2v) is 8.06. The van der Waals surface area contributed by atoms with E-state index in [1.807, 2.05) is 6.07 Å². The number of amides is 1. The number of piperidine rings is 1. The highest BCUT2D eigenvalue weighted by atomic mass is 16.2. The Morgan fingerprint density at radius 1 is 1.04 bits per heavy atom. The maximum atomic E-state index is 13.1. The van der Waals surface area contributed by atoms with Gasteiger partial charge in [0.05, 0.1) is 0 Å². The van der Waals surface area contributed by atoms with Crippen LogP contribution in [0, 0.1) is 11.8 Å². The molecule has 7 nitrogen and oxygen atoms in total. The van der Waals surface area contributed by atoms with Crippen LogP contribution in [0.25, 0.3) is 0 Å². The SMILES string of the molecule is O=C(C1CC(C2CC2)NN1)N1C[C@H]2CC[C@@H]1CN(c1ncccn1)C2. The molecule has 0 aromatic carbocycles. The predicted molar refractivity (Wildman–Crippen MR) is 93.7 cm³/mol. The van der Waals surface area contributed by atoms with Crippen LogP contribution >= 0.6 is 0 Å². The molecule has 1 saturated carbocycles. The Kier molecular flexibility index (Phi) is 3.86. The highest BCUT2D eigenvalue weighted by molar-refractivity contribution is 5.82. The minimum absolute atomic E-state index is 0.0635. The van der Waals surface area contributed by atoms with Crippen LogP contribution in [-0.4, -0.2) is 58.5 Å². The van der Waals surface area contributed by atoms with Crippen LogP contribution in [0.15, 0.2) is 18.5 Å². The van der Waals surface area contributed by atoms with Gasteiger partial charge in [-0.2, -0.15) is 0 Å². The zero-order valence-electron chi connectivity index (χ0n) is 14.5. The number of fused-ring (bicyclic) bond motifs is 4. The molecule has 4 aliphatic heterocycles. The smallest absolute Gasteiger partial charge is 0.241 e. The maximum Gasteiger partial charge on any atom is 0.241 e. The minimum Gasteiger partial charge on any atom is -0.338 e. The first-order valence-corrected chi connectivity index (χ1v) is 9.61. The van der Waals surface area contributed by atoms with Gasteiger partial charge in [-0.3, -0.25) is 10.2 Å². The van der Waals surface area contributed by atoms with Gasteiger partial charge in [-0.15, -0.1) is 0 Å². The number of nitrogens with one attached hydrogen (secondary N) is 2. The third-order valence-corrected chi connectivity index (χ3v) is 6.25. The van der Waals surface area contributed by atoms with Crippen LogP contribution in [0.5, 0.6) is 0 Å². The molecule has 5 aliphatic rings. The third-order valence-electron chi connectivity index (χ3n) is 6.25. The van der Waals surface area contributed by atoms with Crippen molar-refractivity contribution in [1.82, 2.24) is 25.7 Å². The summed E-state index contributed by atoms with van der Waals surface area (Å²) in [6.45, 7) is 2.67. The minimum atomic E-state index is -0.0635. The summed E-state index contributed by atoms with van der Waals surface area (Å²) in [6, 6.07) is 2.54. The Morgan fingerprint density at radius 2 is 1.88 bits per heavy atom. The highest BCUT2D eigenvalue weighted by Gasteiger charge is 2.44. The van der Waals surface area contributed by atoms with E-state index < -0.39 is 0 Å². The normalized spacial score (nSPS) is 35.0. The zero-order valence-corrected chi connectivity index (χ0v) is 14.5. The van der Waals surface area contributed by atoms with E-state index in [2.05, 4.69) is 30.6 Å². The van der Waals surface area contributed by atoms with Crippen molar-refractivity contribution < 1.29 is 4.79 Å². The van der Waals surface area contributed by atoms with Gasteiger partial charge in [-0.25, -0.2) is 15.4 Å². The second-order valence-electron chi connectivity index (χ2n) is 8.06. The Balaban J connectivity index is 1.29. The van der Waals surface area contributed by atoms with Gasteiger partial charge < -0.3 is 9.80 Å². The van der Waals surface area contributed by atoms with Crippen molar-refractivity contribution in [3.05, 3.63) is 18.5 Å². The van der Waals surface area contributed by atoms with Crippen LogP contribution in [0.2, 0.25) is 0 Å². The van der Waals surface area contributed by atoms with Crippen molar-refractivity contribution >= 4 is 11.9 Å². The molecule has 1 amide bonds. The standard InChI is InChI=1S/C18H26N6O/c25-17(16-8-15(21-22-16)13-3-4-13)24-10-12-2-5-14(24)11-23(9-12)18-19-6-1-7-20-18/h1,6-7,12-16,21-22H,2-5,8-11H2/t12-,14+,15?,16?/m0/s1. The summed E-state index contributed by atoms with van der Waals surface area (Å²) in [5, 5.41) is 0. The largest absolute Gasteiger partial charge is 0.338 e. The van der Waals surface area contributed by atoms with Crippen LogP contribution in [0.3, 0.4) is 0 Å². The monoisotopic (exact) mass is 342 g/mol. The number of rotatable bonds is 3. The number of hydrogen-bond donors (Lipinski definition) is 2. The van der Waals surface area contributed by atoms with Crippen LogP contribution < -0.4 is 15.8 Å². The number of hydrazine groups is 1. The van der Waals surface area contributed by atoms with Crippen molar-refractivity contribution in [2.24, 2.45) is 11.8 Å². The van der Waals surface area contributed by atoms with E-state index >= 15 is 0 Å². The van der Waals surface area contributed by atoms with E-state index in [0.717, 1.165) is 44.3 Å². The van der Waals surface area contributed by atoms with Gasteiger partial charge in [-0.1, -0.05) is 0 Å². The molecule has 2 bridgehead atoms. The Bertz CT molecular complexity index is 636. The predicted octanol–water partition coefficient (Wildman–Crippen LogP) is 0.549. The maximum absolute atomic E-state index is 13.1. The molecule has 6 rings (SSSR count). The molecule has 7 heteroatoms. The van der Waals surface area contributed by atoms with E-state index in [1.54, 1.807) is 12.4 Å². The number of carbonyl (C=O) groups excluding carboxylic acids is 1. The summed E-state index contributed by atoms with van der Waals surface area (Å²) in [6.07, 6.45) is 9.42. The topological polar surface area (TPSA) is 73.4 Å². The molecular weight excluding hydrogens is 316 g/mol. The third kappa shape index (κ3) is 3.00. The number of hydrogen-bond acceptors (Lipinski definition) is 6. The fourth-order valence-corrected chi connectivity index (χ4v) is 4.72. The van der Waals surface area contributed by atoms with E-state index in [1.165, 1.54) is 19.3 Å². The summed E-state index contributed by atoms with van der Waals surface area (Å²) in [7, 11) is 0. The van der Waals surface area contributed by atoms with E-state index in [-0.39, 0.29) is 18.0 Å². The van der Waals surface area contributed by atoms with Crippen molar-refractivity contribution in [1.29, 1.82) is 0 Å². The number of anilines is 1. The Hall–Kier alpha value is -1.73.